The van der Waals surface area contributed by atoms with Crippen molar-refractivity contribution >= 4 is 57.0 Å². The Bertz CT molecular complexity index is 883. The Kier molecular flexibility index (Phi) is 4.73. The number of hydrogen-bond donors (Lipinski definition) is 1. The summed E-state index contributed by atoms with van der Waals surface area (Å²) in [4.78, 5) is 4.86. The first-order valence-corrected chi connectivity index (χ1v) is 8.22. The lowest BCUT2D eigenvalue weighted by atomic mass is 10.2. The fourth-order valence-corrected chi connectivity index (χ4v) is 3.45. The monoisotopic (exact) mass is 390 g/mol. The highest BCUT2D eigenvalue weighted by Gasteiger charge is 2.12. The topological polar surface area (TPSA) is 24.9 Å². The molecular formula is C15H7Cl3F2N2S. The molecule has 0 aliphatic carbocycles. The molecule has 0 spiro atoms. The predicted molar refractivity (Wildman–Crippen MR) is 92.2 cm³/mol. The second-order valence-corrected chi connectivity index (χ2v) is 6.78. The van der Waals surface area contributed by atoms with Gasteiger partial charge in [0, 0.05) is 17.4 Å². The Balaban J connectivity index is 1.88. The van der Waals surface area contributed by atoms with Crippen molar-refractivity contribution < 1.29 is 8.78 Å². The third-order valence-electron chi connectivity index (χ3n) is 2.95. The lowest BCUT2D eigenvalue weighted by Crippen LogP contribution is -1.89. The van der Waals surface area contributed by atoms with Gasteiger partial charge in [0.15, 0.2) is 5.13 Å². The molecule has 23 heavy (non-hydrogen) atoms. The van der Waals surface area contributed by atoms with Crippen LogP contribution in [0.5, 0.6) is 0 Å². The van der Waals surface area contributed by atoms with Gasteiger partial charge >= 0.3 is 0 Å². The summed E-state index contributed by atoms with van der Waals surface area (Å²) in [5.74, 6) is -1.06. The molecule has 0 bridgehead atoms. The van der Waals surface area contributed by atoms with E-state index in [0.717, 1.165) is 0 Å². The summed E-state index contributed by atoms with van der Waals surface area (Å²) in [7, 11) is 0. The van der Waals surface area contributed by atoms with Crippen LogP contribution >= 0.6 is 46.1 Å². The van der Waals surface area contributed by atoms with Gasteiger partial charge in [-0.15, -0.1) is 0 Å². The number of rotatable bonds is 3. The van der Waals surface area contributed by atoms with Crippen LogP contribution in [0.3, 0.4) is 0 Å². The highest BCUT2D eigenvalue weighted by molar-refractivity contribution is 7.19. The van der Waals surface area contributed by atoms with Crippen LogP contribution in [0.2, 0.25) is 15.1 Å². The number of benzene rings is 2. The van der Waals surface area contributed by atoms with E-state index in [1.54, 1.807) is 6.20 Å². The van der Waals surface area contributed by atoms with Crippen LogP contribution in [0.15, 0.2) is 36.5 Å². The second kappa shape index (κ2) is 6.61. The molecule has 0 aliphatic rings. The van der Waals surface area contributed by atoms with Gasteiger partial charge < -0.3 is 5.32 Å². The molecule has 2 aromatic carbocycles. The molecule has 0 unspecified atom stereocenters. The minimum atomic E-state index is -0.556. The van der Waals surface area contributed by atoms with Gasteiger partial charge in [0.2, 0.25) is 0 Å². The molecule has 0 fully saturated rings. The average Bonchev–Trinajstić information content (AvgIpc) is 2.95. The molecule has 0 aliphatic heterocycles. The van der Waals surface area contributed by atoms with Crippen LogP contribution in [0.25, 0.3) is 10.4 Å². The number of anilines is 2. The standard InChI is InChI=1S/C15H7Cl3F2N2S/c16-9-5-11(18)13(20)4-8(9)14-6-21-15(23-14)22-7-1-2-12(19)10(17)3-7/h1-6H,(H,21,22). The molecule has 0 saturated carbocycles. The molecule has 1 heterocycles. The Morgan fingerprint density at radius 3 is 2.39 bits per heavy atom. The number of halogens is 5. The fourth-order valence-electron chi connectivity index (χ4n) is 1.87. The van der Waals surface area contributed by atoms with Crippen molar-refractivity contribution in [2.24, 2.45) is 0 Å². The van der Waals surface area contributed by atoms with Gasteiger partial charge in [-0.1, -0.05) is 46.1 Å². The smallest absolute Gasteiger partial charge is 0.187 e. The first-order valence-electron chi connectivity index (χ1n) is 6.27. The van der Waals surface area contributed by atoms with E-state index in [1.807, 2.05) is 0 Å². The zero-order valence-corrected chi connectivity index (χ0v) is 14.3. The molecule has 0 saturated heterocycles. The van der Waals surface area contributed by atoms with E-state index in [4.69, 9.17) is 34.8 Å². The number of nitrogens with one attached hydrogen (secondary N) is 1. The highest BCUT2D eigenvalue weighted by Crippen LogP contribution is 2.37. The molecule has 3 aromatic rings. The lowest BCUT2D eigenvalue weighted by Gasteiger charge is -2.04. The summed E-state index contributed by atoms with van der Waals surface area (Å²) in [6.45, 7) is 0. The van der Waals surface area contributed by atoms with Crippen molar-refractivity contribution in [2.45, 2.75) is 0 Å². The van der Waals surface area contributed by atoms with Crippen molar-refractivity contribution in [3.05, 3.63) is 63.2 Å². The van der Waals surface area contributed by atoms with Crippen molar-refractivity contribution in [3.63, 3.8) is 0 Å². The van der Waals surface area contributed by atoms with Gasteiger partial charge in [-0.2, -0.15) is 0 Å². The maximum Gasteiger partial charge on any atom is 0.187 e. The third-order valence-corrected chi connectivity index (χ3v) is 4.79. The van der Waals surface area contributed by atoms with Gasteiger partial charge in [-0.05, 0) is 30.3 Å². The van der Waals surface area contributed by atoms with Crippen LogP contribution in [0, 0.1) is 11.6 Å². The first kappa shape index (κ1) is 16.5. The number of hydrogen-bond acceptors (Lipinski definition) is 3. The molecule has 118 valence electrons. The first-order chi connectivity index (χ1) is 10.9. The van der Waals surface area contributed by atoms with Crippen LogP contribution in [0.4, 0.5) is 19.6 Å². The maximum atomic E-state index is 13.6. The molecule has 0 radical (unpaired) electrons. The number of thiazole rings is 1. The lowest BCUT2D eigenvalue weighted by molar-refractivity contribution is 0.628. The molecular weight excluding hydrogens is 385 g/mol. The summed E-state index contributed by atoms with van der Waals surface area (Å²) >= 11 is 18.8. The quantitative estimate of drug-likeness (QED) is 0.497. The highest BCUT2D eigenvalue weighted by atomic mass is 35.5. The van der Waals surface area contributed by atoms with E-state index in [1.165, 1.54) is 41.7 Å². The minimum absolute atomic E-state index is 0.00889. The summed E-state index contributed by atoms with van der Waals surface area (Å²) in [5, 5.41) is 3.84. The van der Waals surface area contributed by atoms with E-state index in [-0.39, 0.29) is 10.0 Å². The van der Waals surface area contributed by atoms with E-state index in [2.05, 4.69) is 10.3 Å². The average molecular weight is 392 g/mol. The van der Waals surface area contributed by atoms with Crippen molar-refractivity contribution in [1.29, 1.82) is 0 Å². The van der Waals surface area contributed by atoms with Gasteiger partial charge in [0.25, 0.3) is 0 Å². The van der Waals surface area contributed by atoms with E-state index in [0.29, 0.717) is 26.3 Å². The Morgan fingerprint density at radius 2 is 1.65 bits per heavy atom. The third kappa shape index (κ3) is 3.58. The molecule has 0 atom stereocenters. The molecule has 2 nitrogen and oxygen atoms in total. The normalized spacial score (nSPS) is 10.8. The van der Waals surface area contributed by atoms with Crippen LogP contribution in [0.1, 0.15) is 0 Å². The summed E-state index contributed by atoms with van der Waals surface area (Å²) in [6, 6.07) is 6.85. The molecule has 3 rings (SSSR count). The zero-order chi connectivity index (χ0) is 16.6. The van der Waals surface area contributed by atoms with Gasteiger partial charge in [0.1, 0.15) is 11.6 Å². The van der Waals surface area contributed by atoms with Crippen molar-refractivity contribution in [3.8, 4) is 10.4 Å². The molecule has 8 heteroatoms. The Morgan fingerprint density at radius 1 is 0.913 bits per heavy atom. The largest absolute Gasteiger partial charge is 0.331 e. The summed E-state index contributed by atoms with van der Waals surface area (Å²) in [5.41, 5.74) is 1.09. The minimum Gasteiger partial charge on any atom is -0.331 e. The van der Waals surface area contributed by atoms with Crippen LogP contribution in [-0.4, -0.2) is 4.98 Å². The second-order valence-electron chi connectivity index (χ2n) is 4.53. The Hall–Kier alpha value is -1.40. The Labute approximate surface area is 149 Å². The van der Waals surface area contributed by atoms with E-state index < -0.39 is 11.6 Å². The predicted octanol–water partition coefficient (Wildman–Crippen LogP) is 6.79. The van der Waals surface area contributed by atoms with E-state index >= 15 is 0 Å². The van der Waals surface area contributed by atoms with E-state index in [9.17, 15) is 8.78 Å². The SMILES string of the molecule is Fc1ccc(Nc2ncc(-c3cc(F)c(Cl)cc3Cl)s2)cc1Cl. The summed E-state index contributed by atoms with van der Waals surface area (Å²) < 4.78 is 26.8. The van der Waals surface area contributed by atoms with Crippen LogP contribution < -0.4 is 5.32 Å². The van der Waals surface area contributed by atoms with Crippen molar-refractivity contribution in [2.75, 3.05) is 5.32 Å². The van der Waals surface area contributed by atoms with Crippen LogP contribution in [-0.2, 0) is 0 Å². The van der Waals surface area contributed by atoms with Gasteiger partial charge in [0.05, 0.1) is 19.9 Å². The number of nitrogens with zero attached hydrogens (tertiary/aromatic N) is 1. The summed E-state index contributed by atoms with van der Waals surface area (Å²) in [6.07, 6.45) is 1.56. The van der Waals surface area contributed by atoms with Gasteiger partial charge in [-0.25, -0.2) is 13.8 Å². The molecule has 1 N–H and O–H groups in total. The molecule has 1 aromatic heterocycles. The maximum absolute atomic E-state index is 13.6. The zero-order valence-electron chi connectivity index (χ0n) is 11.2. The van der Waals surface area contributed by atoms with Gasteiger partial charge in [-0.3, -0.25) is 0 Å². The fraction of sp³-hybridized carbons (Fsp3) is 0. The molecule has 0 amide bonds. The van der Waals surface area contributed by atoms with Crippen molar-refractivity contribution in [1.82, 2.24) is 4.98 Å². The number of aromatic nitrogens is 1.